The molecule has 0 atom stereocenters. The van der Waals surface area contributed by atoms with Gasteiger partial charge in [0.05, 0.1) is 11.5 Å². The molecule has 1 N–H and O–H groups in total. The van der Waals surface area contributed by atoms with Crippen molar-refractivity contribution in [3.05, 3.63) is 101 Å². The van der Waals surface area contributed by atoms with Crippen LogP contribution in [0.1, 0.15) is 50.2 Å². The Kier molecular flexibility index (Phi) is 6.01. The number of nitrogens with one attached hydrogen (secondary N) is 1. The summed E-state index contributed by atoms with van der Waals surface area (Å²) in [5.41, 5.74) is 2.37. The van der Waals surface area contributed by atoms with Gasteiger partial charge in [-0.05, 0) is 30.2 Å². The Balaban J connectivity index is 1.37. The van der Waals surface area contributed by atoms with Crippen LogP contribution in [0.5, 0.6) is 0 Å². The molecule has 0 fully saturated rings. The molecule has 4 rings (SSSR count). The number of carbonyl (C=O) groups is 3. The highest BCUT2D eigenvalue weighted by Crippen LogP contribution is 2.29. The summed E-state index contributed by atoms with van der Waals surface area (Å²) >= 11 is 0. The maximum Gasteiger partial charge on any atom is 0.224 e. The molecule has 3 aromatic rings. The first-order chi connectivity index (χ1) is 15.3. The van der Waals surface area contributed by atoms with E-state index in [2.05, 4.69) is 5.32 Å². The van der Waals surface area contributed by atoms with Crippen molar-refractivity contribution < 1.29 is 22.8 Å². The zero-order valence-electron chi connectivity index (χ0n) is 17.2. The van der Waals surface area contributed by atoms with E-state index in [0.29, 0.717) is 27.9 Å². The van der Waals surface area contributed by atoms with Crippen LogP contribution in [-0.2, 0) is 20.4 Å². The smallest absolute Gasteiger partial charge is 0.224 e. The largest absolute Gasteiger partial charge is 0.326 e. The van der Waals surface area contributed by atoms with E-state index in [1.165, 1.54) is 12.1 Å². The van der Waals surface area contributed by atoms with E-state index in [9.17, 15) is 22.8 Å². The van der Waals surface area contributed by atoms with Crippen molar-refractivity contribution in [2.45, 2.75) is 18.6 Å². The van der Waals surface area contributed by atoms with Crippen molar-refractivity contribution in [2.75, 3.05) is 11.1 Å². The molecule has 1 aliphatic rings. The zero-order valence-corrected chi connectivity index (χ0v) is 18.0. The Morgan fingerprint density at radius 1 is 0.750 bits per heavy atom. The SMILES string of the molecule is O=C(CCCS(=O)(=O)Cc1ccccc1)Nc1ccc2c(c1)C(=O)c1ccccc1C2=O. The number of hydrogen-bond acceptors (Lipinski definition) is 5. The fraction of sp³-hybridized carbons (Fsp3) is 0.160. The Morgan fingerprint density at radius 2 is 1.34 bits per heavy atom. The minimum absolute atomic E-state index is 0.0286. The number of rotatable bonds is 7. The lowest BCUT2D eigenvalue weighted by Crippen LogP contribution is -2.21. The number of sulfone groups is 1. The number of anilines is 1. The highest BCUT2D eigenvalue weighted by atomic mass is 32.2. The molecule has 0 bridgehead atoms. The quantitative estimate of drug-likeness (QED) is 0.465. The van der Waals surface area contributed by atoms with Crippen LogP contribution >= 0.6 is 0 Å². The molecule has 32 heavy (non-hydrogen) atoms. The van der Waals surface area contributed by atoms with Crippen molar-refractivity contribution in [1.82, 2.24) is 0 Å². The maximum absolute atomic E-state index is 12.8. The van der Waals surface area contributed by atoms with Gasteiger partial charge in [-0.3, -0.25) is 14.4 Å². The van der Waals surface area contributed by atoms with Crippen molar-refractivity contribution in [3.63, 3.8) is 0 Å². The predicted molar refractivity (Wildman–Crippen MR) is 122 cm³/mol. The van der Waals surface area contributed by atoms with Crippen LogP contribution in [0, 0.1) is 0 Å². The van der Waals surface area contributed by atoms with Crippen LogP contribution in [0.15, 0.2) is 72.8 Å². The van der Waals surface area contributed by atoms with Gasteiger partial charge in [0, 0.05) is 34.4 Å². The van der Waals surface area contributed by atoms with Gasteiger partial charge in [-0.25, -0.2) is 8.42 Å². The number of hydrogen-bond donors (Lipinski definition) is 1. The van der Waals surface area contributed by atoms with Gasteiger partial charge < -0.3 is 5.32 Å². The van der Waals surface area contributed by atoms with E-state index < -0.39 is 9.84 Å². The van der Waals surface area contributed by atoms with E-state index in [1.54, 1.807) is 54.6 Å². The molecule has 0 heterocycles. The van der Waals surface area contributed by atoms with Crippen LogP contribution in [0.25, 0.3) is 0 Å². The van der Waals surface area contributed by atoms with Gasteiger partial charge in [0.2, 0.25) is 5.91 Å². The van der Waals surface area contributed by atoms with Crippen molar-refractivity contribution in [3.8, 4) is 0 Å². The van der Waals surface area contributed by atoms with Gasteiger partial charge in [0.1, 0.15) is 0 Å². The van der Waals surface area contributed by atoms with Gasteiger partial charge in [-0.1, -0.05) is 54.6 Å². The van der Waals surface area contributed by atoms with Gasteiger partial charge in [0.25, 0.3) is 0 Å². The van der Waals surface area contributed by atoms with E-state index >= 15 is 0 Å². The standard InChI is InChI=1S/C25H21NO5S/c27-23(11-6-14-32(30,31)16-17-7-2-1-3-8-17)26-18-12-13-21-22(15-18)25(29)20-10-5-4-9-19(20)24(21)28/h1-5,7-10,12-13,15H,6,11,14,16H2,(H,26,27). The summed E-state index contributed by atoms with van der Waals surface area (Å²) in [5.74, 6) is -0.994. The lowest BCUT2D eigenvalue weighted by molar-refractivity contribution is -0.116. The Labute approximate surface area is 186 Å². The van der Waals surface area contributed by atoms with E-state index in [1.807, 2.05) is 6.07 Å². The number of benzene rings is 3. The first-order valence-electron chi connectivity index (χ1n) is 10.2. The average molecular weight is 448 g/mol. The first kappa shape index (κ1) is 21.6. The summed E-state index contributed by atoms with van der Waals surface area (Å²) in [6.07, 6.45) is 0.220. The van der Waals surface area contributed by atoms with Gasteiger partial charge in [-0.15, -0.1) is 0 Å². The van der Waals surface area contributed by atoms with Crippen molar-refractivity contribution in [2.24, 2.45) is 0 Å². The second kappa shape index (κ2) is 8.88. The molecule has 0 aliphatic heterocycles. The Morgan fingerprint density at radius 3 is 2.03 bits per heavy atom. The maximum atomic E-state index is 12.8. The highest BCUT2D eigenvalue weighted by molar-refractivity contribution is 7.90. The van der Waals surface area contributed by atoms with Crippen LogP contribution in [0.3, 0.4) is 0 Å². The molecule has 6 nitrogen and oxygen atoms in total. The lowest BCUT2D eigenvalue weighted by Gasteiger charge is -2.18. The normalized spacial score (nSPS) is 12.8. The molecule has 1 amide bonds. The van der Waals surface area contributed by atoms with Gasteiger partial charge in [-0.2, -0.15) is 0 Å². The van der Waals surface area contributed by atoms with E-state index in [0.717, 1.165) is 0 Å². The Hall–Kier alpha value is -3.58. The van der Waals surface area contributed by atoms with E-state index in [-0.39, 0.29) is 47.4 Å². The number of fused-ring (bicyclic) bond motifs is 2. The summed E-state index contributed by atoms with van der Waals surface area (Å²) in [6, 6.07) is 20.2. The predicted octanol–water partition coefficient (Wildman–Crippen LogP) is 3.80. The first-order valence-corrected chi connectivity index (χ1v) is 12.0. The van der Waals surface area contributed by atoms with Crippen LogP contribution in [0.2, 0.25) is 0 Å². The summed E-state index contributed by atoms with van der Waals surface area (Å²) in [7, 11) is -3.32. The van der Waals surface area contributed by atoms with Crippen LogP contribution < -0.4 is 5.32 Å². The van der Waals surface area contributed by atoms with Crippen LogP contribution in [0.4, 0.5) is 5.69 Å². The Bertz CT molecular complexity index is 1310. The molecule has 7 heteroatoms. The number of amides is 1. The molecule has 0 aromatic heterocycles. The monoisotopic (exact) mass is 447 g/mol. The molecule has 0 spiro atoms. The third kappa shape index (κ3) is 4.68. The van der Waals surface area contributed by atoms with Crippen molar-refractivity contribution in [1.29, 1.82) is 0 Å². The highest BCUT2D eigenvalue weighted by Gasteiger charge is 2.29. The molecule has 0 radical (unpaired) electrons. The molecule has 0 saturated carbocycles. The van der Waals surface area contributed by atoms with Gasteiger partial charge in [0.15, 0.2) is 21.4 Å². The summed E-state index contributed by atoms with van der Waals surface area (Å²) in [5, 5.41) is 2.69. The third-order valence-electron chi connectivity index (χ3n) is 5.30. The summed E-state index contributed by atoms with van der Waals surface area (Å²) in [4.78, 5) is 37.8. The molecule has 1 aliphatic carbocycles. The second-order valence-corrected chi connectivity index (χ2v) is 9.88. The van der Waals surface area contributed by atoms with E-state index in [4.69, 9.17) is 0 Å². The molecular formula is C25H21NO5S. The third-order valence-corrected chi connectivity index (χ3v) is 6.98. The number of carbonyl (C=O) groups excluding carboxylic acids is 3. The molecule has 0 unspecified atom stereocenters. The van der Waals surface area contributed by atoms with Gasteiger partial charge >= 0.3 is 0 Å². The average Bonchev–Trinajstić information content (AvgIpc) is 2.77. The molecule has 162 valence electrons. The zero-order chi connectivity index (χ0) is 22.7. The lowest BCUT2D eigenvalue weighted by atomic mass is 9.84. The van der Waals surface area contributed by atoms with Crippen LogP contribution in [-0.4, -0.2) is 31.6 Å². The molecule has 3 aromatic carbocycles. The minimum Gasteiger partial charge on any atom is -0.326 e. The minimum atomic E-state index is -3.32. The second-order valence-electron chi connectivity index (χ2n) is 7.69. The molecule has 0 saturated heterocycles. The topological polar surface area (TPSA) is 97.4 Å². The van der Waals surface area contributed by atoms with Crippen molar-refractivity contribution >= 4 is 33.0 Å². The summed E-state index contributed by atoms with van der Waals surface area (Å²) in [6.45, 7) is 0. The fourth-order valence-electron chi connectivity index (χ4n) is 3.75. The fourth-order valence-corrected chi connectivity index (χ4v) is 5.18. The number of ketones is 2. The molecular weight excluding hydrogens is 426 g/mol. The summed E-state index contributed by atoms with van der Waals surface area (Å²) < 4.78 is 24.5.